The van der Waals surface area contributed by atoms with Crippen molar-refractivity contribution in [2.45, 2.75) is 69.9 Å². The van der Waals surface area contributed by atoms with Gasteiger partial charge in [0, 0.05) is 23.5 Å². The molecule has 2 amide bonds. The lowest BCUT2D eigenvalue weighted by molar-refractivity contribution is -0.168. The van der Waals surface area contributed by atoms with Crippen molar-refractivity contribution in [2.24, 2.45) is 0 Å². The Bertz CT molecular complexity index is 925. The van der Waals surface area contributed by atoms with Gasteiger partial charge in [-0.3, -0.25) is 9.59 Å². The van der Waals surface area contributed by atoms with Gasteiger partial charge in [0.2, 0.25) is 5.91 Å². The molecule has 1 aromatic heterocycles. The average Bonchev–Trinajstić information content (AvgIpc) is 3.05. The number of fused-ring (bicyclic) bond motifs is 5. The lowest BCUT2D eigenvalue weighted by Crippen LogP contribution is -2.68. The zero-order chi connectivity index (χ0) is 19.3. The number of hydrogen-bond donors (Lipinski definition) is 1. The van der Waals surface area contributed by atoms with Gasteiger partial charge in [0.25, 0.3) is 5.91 Å². The second-order valence-corrected chi connectivity index (χ2v) is 8.82. The molecule has 2 aromatic rings. The second kappa shape index (κ2) is 6.64. The molecule has 5 rings (SSSR count). The maximum Gasteiger partial charge on any atom is 0.255 e. The zero-order valence-corrected chi connectivity index (χ0v) is 16.7. The van der Waals surface area contributed by atoms with E-state index in [1.807, 2.05) is 28.9 Å². The quantitative estimate of drug-likeness (QED) is 0.821. The van der Waals surface area contributed by atoms with E-state index in [9.17, 15) is 9.59 Å². The summed E-state index contributed by atoms with van der Waals surface area (Å²) in [6.07, 6.45) is 8.93. The fourth-order valence-corrected chi connectivity index (χ4v) is 5.68. The molecule has 28 heavy (non-hydrogen) atoms. The summed E-state index contributed by atoms with van der Waals surface area (Å²) in [4.78, 5) is 34.3. The van der Waals surface area contributed by atoms with E-state index in [-0.39, 0.29) is 24.4 Å². The maximum absolute atomic E-state index is 13.9. The molecular weight excluding hydrogens is 350 g/mol. The van der Waals surface area contributed by atoms with Crippen molar-refractivity contribution < 1.29 is 9.59 Å². The third kappa shape index (κ3) is 2.51. The van der Waals surface area contributed by atoms with Crippen LogP contribution in [0, 0.1) is 0 Å². The molecule has 0 unspecified atom stereocenters. The van der Waals surface area contributed by atoms with Gasteiger partial charge in [-0.05, 0) is 37.8 Å². The minimum atomic E-state index is -0.912. The fourth-order valence-electron chi connectivity index (χ4n) is 5.68. The van der Waals surface area contributed by atoms with Gasteiger partial charge in [-0.15, -0.1) is 0 Å². The Kier molecular flexibility index (Phi) is 4.22. The number of hydrogen-bond acceptors (Lipinski definition) is 2. The predicted molar refractivity (Wildman–Crippen MR) is 109 cm³/mol. The van der Waals surface area contributed by atoms with E-state index < -0.39 is 5.54 Å². The van der Waals surface area contributed by atoms with E-state index in [0.717, 1.165) is 43.3 Å². The number of benzene rings is 1. The molecule has 3 heterocycles. The summed E-state index contributed by atoms with van der Waals surface area (Å²) >= 11 is 0. The van der Waals surface area contributed by atoms with Crippen LogP contribution in [0.15, 0.2) is 24.3 Å². The van der Waals surface area contributed by atoms with Crippen LogP contribution in [-0.4, -0.2) is 45.7 Å². The highest BCUT2D eigenvalue weighted by atomic mass is 16.2. The van der Waals surface area contributed by atoms with Crippen molar-refractivity contribution in [3.05, 3.63) is 35.5 Å². The molecule has 2 aliphatic heterocycles. The summed E-state index contributed by atoms with van der Waals surface area (Å²) in [6.45, 7) is 2.82. The van der Waals surface area contributed by atoms with E-state index in [4.69, 9.17) is 0 Å². The summed E-state index contributed by atoms with van der Waals surface area (Å²) in [5, 5.41) is 1.18. The van der Waals surface area contributed by atoms with Gasteiger partial charge in [0.15, 0.2) is 5.54 Å². The van der Waals surface area contributed by atoms with Crippen LogP contribution < -0.4 is 0 Å². The van der Waals surface area contributed by atoms with Gasteiger partial charge in [-0.25, -0.2) is 0 Å². The van der Waals surface area contributed by atoms with Crippen molar-refractivity contribution in [1.29, 1.82) is 0 Å². The molecule has 148 valence electrons. The number of amides is 2. The number of carbonyl (C=O) groups is 2. The molecule has 2 fully saturated rings. The Balaban J connectivity index is 1.57. The van der Waals surface area contributed by atoms with Gasteiger partial charge in [-0.1, -0.05) is 50.3 Å². The molecule has 1 atom stereocenters. The van der Waals surface area contributed by atoms with Crippen LogP contribution in [0.2, 0.25) is 0 Å². The van der Waals surface area contributed by atoms with Gasteiger partial charge < -0.3 is 14.8 Å². The highest BCUT2D eigenvalue weighted by molar-refractivity contribution is 6.00. The summed E-state index contributed by atoms with van der Waals surface area (Å²) in [5.74, 6) is 0.193. The van der Waals surface area contributed by atoms with E-state index >= 15 is 0 Å². The van der Waals surface area contributed by atoms with Crippen LogP contribution in [0.1, 0.15) is 63.1 Å². The normalized spacial score (nSPS) is 26.8. The second-order valence-electron chi connectivity index (χ2n) is 8.82. The molecule has 5 heteroatoms. The van der Waals surface area contributed by atoms with Gasteiger partial charge in [0.1, 0.15) is 6.54 Å². The Morgan fingerprint density at radius 1 is 1.04 bits per heavy atom. The largest absolute Gasteiger partial charge is 0.356 e. The molecular formula is C23H29N3O2. The molecule has 0 spiro atoms. The number of piperazine rings is 1. The van der Waals surface area contributed by atoms with Gasteiger partial charge in [0.05, 0.1) is 5.69 Å². The number of H-pyrrole nitrogens is 1. The number of aromatic nitrogens is 1. The Morgan fingerprint density at radius 3 is 2.54 bits per heavy atom. The van der Waals surface area contributed by atoms with Gasteiger partial charge in [-0.2, -0.15) is 0 Å². The first kappa shape index (κ1) is 17.8. The monoisotopic (exact) mass is 379 g/mol. The third-order valence-electron chi connectivity index (χ3n) is 7.23. The zero-order valence-electron chi connectivity index (χ0n) is 16.7. The molecule has 5 nitrogen and oxygen atoms in total. The minimum Gasteiger partial charge on any atom is -0.356 e. The van der Waals surface area contributed by atoms with Crippen molar-refractivity contribution >= 4 is 22.7 Å². The summed E-state index contributed by atoms with van der Waals surface area (Å²) < 4.78 is 0. The van der Waals surface area contributed by atoms with Crippen molar-refractivity contribution in [1.82, 2.24) is 14.8 Å². The van der Waals surface area contributed by atoms with Crippen molar-refractivity contribution in [3.8, 4) is 0 Å². The Labute approximate surface area is 166 Å². The lowest BCUT2D eigenvalue weighted by atomic mass is 9.82. The standard InChI is InChI=1S/C23H29N3O2/c1-23-21-18(17-11-7-8-12-19(17)24-21)13-14-26(23)20(27)15-25(22(23)28)16-9-5-3-2-4-6-10-16/h7-8,11-12,16,24H,2-6,9-10,13-15H2,1H3/t23-/m1/s1. The molecule has 1 aliphatic carbocycles. The van der Waals surface area contributed by atoms with Crippen LogP contribution in [0.5, 0.6) is 0 Å². The van der Waals surface area contributed by atoms with E-state index in [1.54, 1.807) is 0 Å². The van der Waals surface area contributed by atoms with Crippen LogP contribution in [0.3, 0.4) is 0 Å². The highest BCUT2D eigenvalue weighted by Gasteiger charge is 2.55. The fraction of sp³-hybridized carbons (Fsp3) is 0.565. The first-order valence-electron chi connectivity index (χ1n) is 10.8. The molecule has 1 N–H and O–H groups in total. The van der Waals surface area contributed by atoms with Crippen LogP contribution in [-0.2, 0) is 21.5 Å². The summed E-state index contributed by atoms with van der Waals surface area (Å²) in [7, 11) is 0. The van der Waals surface area contributed by atoms with Crippen LogP contribution >= 0.6 is 0 Å². The smallest absolute Gasteiger partial charge is 0.255 e. The Hall–Kier alpha value is -2.30. The maximum atomic E-state index is 13.9. The number of rotatable bonds is 1. The Morgan fingerprint density at radius 2 is 1.75 bits per heavy atom. The van der Waals surface area contributed by atoms with Crippen molar-refractivity contribution in [2.75, 3.05) is 13.1 Å². The first-order chi connectivity index (χ1) is 13.6. The first-order valence-corrected chi connectivity index (χ1v) is 10.8. The number of nitrogens with one attached hydrogen (secondary N) is 1. The van der Waals surface area contributed by atoms with E-state index in [2.05, 4.69) is 17.1 Å². The highest BCUT2D eigenvalue weighted by Crippen LogP contribution is 2.43. The number of aromatic amines is 1. The summed E-state index contributed by atoms with van der Waals surface area (Å²) in [5.41, 5.74) is 2.27. The predicted octanol–water partition coefficient (Wildman–Crippen LogP) is 3.72. The number of nitrogens with zero attached hydrogens (tertiary/aromatic N) is 2. The summed E-state index contributed by atoms with van der Waals surface area (Å²) in [6, 6.07) is 8.43. The van der Waals surface area contributed by atoms with Crippen LogP contribution in [0.25, 0.3) is 10.9 Å². The van der Waals surface area contributed by atoms with Gasteiger partial charge >= 0.3 is 0 Å². The van der Waals surface area contributed by atoms with E-state index in [0.29, 0.717) is 6.54 Å². The third-order valence-corrected chi connectivity index (χ3v) is 7.23. The lowest BCUT2D eigenvalue weighted by Gasteiger charge is -2.51. The molecule has 0 bridgehead atoms. The SMILES string of the molecule is C[C@@]12C(=O)N(C3CCCCCCC3)CC(=O)N1CCc1c2[nH]c2ccccc12. The average molecular weight is 380 g/mol. The minimum absolute atomic E-state index is 0.0912. The topological polar surface area (TPSA) is 56.4 Å². The molecule has 0 radical (unpaired) electrons. The molecule has 3 aliphatic rings. The van der Waals surface area contributed by atoms with E-state index in [1.165, 1.54) is 30.2 Å². The molecule has 1 saturated heterocycles. The molecule has 1 saturated carbocycles. The van der Waals surface area contributed by atoms with Crippen LogP contribution in [0.4, 0.5) is 0 Å². The molecule has 1 aromatic carbocycles. The number of para-hydroxylation sites is 1. The van der Waals surface area contributed by atoms with Crippen molar-refractivity contribution in [3.63, 3.8) is 0 Å². The number of carbonyl (C=O) groups excluding carboxylic acids is 2.